The van der Waals surface area contributed by atoms with Crippen LogP contribution < -0.4 is 0 Å². The first kappa shape index (κ1) is 19.0. The monoisotopic (exact) mass is 310 g/mol. The van der Waals surface area contributed by atoms with Crippen LogP contribution in [0.5, 0.6) is 0 Å². The molecular weight excluding hydrogens is 280 g/mol. The van der Waals surface area contributed by atoms with Crippen LogP contribution in [0, 0.1) is 0 Å². The summed E-state index contributed by atoms with van der Waals surface area (Å²) in [6, 6.07) is 3.98. The molecule has 0 bridgehead atoms. The van der Waals surface area contributed by atoms with Crippen LogP contribution in [-0.2, 0) is 11.2 Å². The normalized spacial score (nSPS) is 13.5. The molecular formula is C17H30N2O3. The van der Waals surface area contributed by atoms with Gasteiger partial charge in [-0.05, 0) is 45.2 Å². The fourth-order valence-corrected chi connectivity index (χ4v) is 2.15. The number of aromatic nitrogens is 1. The molecule has 1 aromatic heterocycles. The van der Waals surface area contributed by atoms with Crippen LogP contribution in [0.15, 0.2) is 24.5 Å². The zero-order valence-electron chi connectivity index (χ0n) is 14.0. The summed E-state index contributed by atoms with van der Waals surface area (Å²) in [5, 5.41) is 18.7. The lowest BCUT2D eigenvalue weighted by molar-refractivity contribution is -0.00923. The Morgan fingerprint density at radius 3 is 2.68 bits per heavy atom. The van der Waals surface area contributed by atoms with Crippen LogP contribution in [0.25, 0.3) is 0 Å². The number of hydrogen-bond donors (Lipinski definition) is 2. The van der Waals surface area contributed by atoms with Gasteiger partial charge in [0, 0.05) is 38.6 Å². The highest BCUT2D eigenvalue weighted by atomic mass is 16.5. The largest absolute Gasteiger partial charge is 0.394 e. The Kier molecular flexibility index (Phi) is 8.56. The Bertz CT molecular complexity index is 393. The second kappa shape index (κ2) is 9.90. The predicted molar refractivity (Wildman–Crippen MR) is 87.8 cm³/mol. The highest BCUT2D eigenvalue weighted by molar-refractivity contribution is 5.08. The summed E-state index contributed by atoms with van der Waals surface area (Å²) < 4.78 is 5.73. The molecule has 0 aliphatic rings. The first-order valence-electron chi connectivity index (χ1n) is 7.95. The minimum atomic E-state index is -0.697. The van der Waals surface area contributed by atoms with Gasteiger partial charge in [0.25, 0.3) is 0 Å². The number of rotatable bonds is 10. The van der Waals surface area contributed by atoms with Crippen LogP contribution in [0.2, 0.25) is 0 Å². The molecule has 1 rings (SSSR count). The van der Waals surface area contributed by atoms with E-state index in [1.165, 1.54) is 5.56 Å². The topological polar surface area (TPSA) is 65.8 Å². The molecule has 0 aromatic carbocycles. The Hall–Kier alpha value is -1.01. The van der Waals surface area contributed by atoms with Gasteiger partial charge in [-0.25, -0.2) is 0 Å². The van der Waals surface area contributed by atoms with Crippen LogP contribution in [0.4, 0.5) is 0 Å². The average Bonchev–Trinajstić information content (AvgIpc) is 2.48. The third kappa shape index (κ3) is 9.10. The number of nitrogens with zero attached hydrogens (tertiary/aromatic N) is 2. The molecule has 1 atom stereocenters. The van der Waals surface area contributed by atoms with E-state index in [1.54, 1.807) is 6.20 Å². The number of aliphatic hydroxyl groups excluding tert-OH is 2. The standard InChI is InChI=1S/C17H30N2O3/c1-17(2,3)22-11-5-9-19(13-16(21)14-20)10-7-15-6-4-8-18-12-15/h4,6,8,12,16,20-21H,5,7,9-11,13-14H2,1-3H3. The summed E-state index contributed by atoms with van der Waals surface area (Å²) in [5.41, 5.74) is 1.06. The van der Waals surface area contributed by atoms with Gasteiger partial charge in [-0.1, -0.05) is 6.07 Å². The average molecular weight is 310 g/mol. The van der Waals surface area contributed by atoms with Crippen molar-refractivity contribution in [3.63, 3.8) is 0 Å². The Morgan fingerprint density at radius 2 is 2.09 bits per heavy atom. The van der Waals surface area contributed by atoms with Gasteiger partial charge in [0.05, 0.1) is 18.3 Å². The molecule has 2 N–H and O–H groups in total. The lowest BCUT2D eigenvalue weighted by atomic mass is 10.2. The third-order valence-electron chi connectivity index (χ3n) is 3.27. The summed E-state index contributed by atoms with van der Waals surface area (Å²) in [6.07, 6.45) is 4.72. The van der Waals surface area contributed by atoms with Gasteiger partial charge < -0.3 is 19.8 Å². The fraction of sp³-hybridized carbons (Fsp3) is 0.706. The summed E-state index contributed by atoms with van der Waals surface area (Å²) in [4.78, 5) is 6.28. The molecule has 5 nitrogen and oxygen atoms in total. The quantitative estimate of drug-likeness (QED) is 0.641. The van der Waals surface area contributed by atoms with Crippen LogP contribution in [0.1, 0.15) is 32.8 Å². The molecule has 1 aromatic rings. The minimum Gasteiger partial charge on any atom is -0.394 e. The van der Waals surface area contributed by atoms with Gasteiger partial charge in [-0.15, -0.1) is 0 Å². The van der Waals surface area contributed by atoms with Crippen molar-refractivity contribution >= 4 is 0 Å². The first-order valence-corrected chi connectivity index (χ1v) is 7.95. The lowest BCUT2D eigenvalue weighted by Crippen LogP contribution is -2.37. The number of ether oxygens (including phenoxy) is 1. The molecule has 1 unspecified atom stereocenters. The summed E-state index contributed by atoms with van der Waals surface area (Å²) >= 11 is 0. The fourth-order valence-electron chi connectivity index (χ4n) is 2.15. The summed E-state index contributed by atoms with van der Waals surface area (Å²) in [5.74, 6) is 0. The molecule has 0 saturated heterocycles. The van der Waals surface area contributed by atoms with E-state index in [0.29, 0.717) is 13.2 Å². The number of hydrogen-bond acceptors (Lipinski definition) is 5. The molecule has 0 fully saturated rings. The zero-order valence-corrected chi connectivity index (χ0v) is 14.0. The molecule has 22 heavy (non-hydrogen) atoms. The van der Waals surface area contributed by atoms with Crippen molar-refractivity contribution in [3.8, 4) is 0 Å². The van der Waals surface area contributed by atoms with Crippen molar-refractivity contribution < 1.29 is 14.9 Å². The minimum absolute atomic E-state index is 0.120. The van der Waals surface area contributed by atoms with Crippen molar-refractivity contribution in [3.05, 3.63) is 30.1 Å². The highest BCUT2D eigenvalue weighted by Gasteiger charge is 2.13. The van der Waals surface area contributed by atoms with E-state index >= 15 is 0 Å². The van der Waals surface area contributed by atoms with Crippen molar-refractivity contribution in [2.45, 2.75) is 45.3 Å². The molecule has 5 heteroatoms. The van der Waals surface area contributed by atoms with Crippen molar-refractivity contribution in [2.75, 3.05) is 32.8 Å². The van der Waals surface area contributed by atoms with E-state index in [-0.39, 0.29) is 12.2 Å². The van der Waals surface area contributed by atoms with Gasteiger partial charge in [0.2, 0.25) is 0 Å². The van der Waals surface area contributed by atoms with Gasteiger partial charge in [-0.3, -0.25) is 4.98 Å². The van der Waals surface area contributed by atoms with Gasteiger partial charge in [0.1, 0.15) is 0 Å². The van der Waals surface area contributed by atoms with E-state index in [4.69, 9.17) is 9.84 Å². The van der Waals surface area contributed by atoms with Crippen LogP contribution in [0.3, 0.4) is 0 Å². The maximum absolute atomic E-state index is 9.68. The van der Waals surface area contributed by atoms with Crippen LogP contribution >= 0.6 is 0 Å². The van der Waals surface area contributed by atoms with E-state index in [1.807, 2.05) is 33.0 Å². The Balaban J connectivity index is 2.38. The molecule has 0 aliphatic heterocycles. The van der Waals surface area contributed by atoms with Gasteiger partial charge in [0.15, 0.2) is 0 Å². The number of aliphatic hydroxyl groups is 2. The lowest BCUT2D eigenvalue weighted by Gasteiger charge is -2.25. The molecule has 126 valence electrons. The van der Waals surface area contributed by atoms with Crippen LogP contribution in [-0.4, -0.2) is 64.6 Å². The third-order valence-corrected chi connectivity index (χ3v) is 3.27. The SMILES string of the molecule is CC(C)(C)OCCCN(CCc1cccnc1)CC(O)CO. The van der Waals surface area contributed by atoms with E-state index < -0.39 is 6.10 Å². The van der Waals surface area contributed by atoms with E-state index in [2.05, 4.69) is 16.0 Å². The molecule has 0 saturated carbocycles. The predicted octanol–water partition coefficient (Wildman–Crippen LogP) is 1.48. The highest BCUT2D eigenvalue weighted by Crippen LogP contribution is 2.08. The Morgan fingerprint density at radius 1 is 1.32 bits per heavy atom. The molecule has 0 aliphatic carbocycles. The van der Waals surface area contributed by atoms with Gasteiger partial charge in [-0.2, -0.15) is 0 Å². The van der Waals surface area contributed by atoms with Crippen molar-refractivity contribution in [1.29, 1.82) is 0 Å². The molecule has 0 radical (unpaired) electrons. The summed E-state index contributed by atoms with van der Waals surface area (Å²) in [6.45, 7) is 8.77. The first-order chi connectivity index (χ1) is 10.4. The molecule has 0 spiro atoms. The summed E-state index contributed by atoms with van der Waals surface area (Å²) in [7, 11) is 0. The van der Waals surface area contributed by atoms with Gasteiger partial charge >= 0.3 is 0 Å². The van der Waals surface area contributed by atoms with E-state index in [0.717, 1.165) is 25.9 Å². The Labute approximate surface area is 133 Å². The smallest absolute Gasteiger partial charge is 0.0897 e. The second-order valence-electron chi connectivity index (χ2n) is 6.56. The molecule has 1 heterocycles. The maximum atomic E-state index is 9.68. The maximum Gasteiger partial charge on any atom is 0.0897 e. The second-order valence-corrected chi connectivity index (χ2v) is 6.56. The van der Waals surface area contributed by atoms with Crippen molar-refractivity contribution in [2.24, 2.45) is 0 Å². The molecule has 0 amide bonds. The van der Waals surface area contributed by atoms with E-state index in [9.17, 15) is 5.11 Å². The zero-order chi connectivity index (χ0) is 16.4. The van der Waals surface area contributed by atoms with Crippen molar-refractivity contribution in [1.82, 2.24) is 9.88 Å². The number of pyridine rings is 1.